The lowest BCUT2D eigenvalue weighted by Gasteiger charge is -2.08. The van der Waals surface area contributed by atoms with E-state index in [0.717, 1.165) is 0 Å². The molecule has 30 heavy (non-hydrogen) atoms. The smallest absolute Gasteiger partial charge is 0.335 e. The fourth-order valence-corrected chi connectivity index (χ4v) is 2.55. The highest BCUT2D eigenvalue weighted by Gasteiger charge is 2.13. The van der Waals surface area contributed by atoms with Crippen LogP contribution in [0.15, 0.2) is 67.0 Å². The van der Waals surface area contributed by atoms with Gasteiger partial charge in [-0.3, -0.25) is 14.6 Å². The van der Waals surface area contributed by atoms with E-state index < -0.39 is 23.8 Å². The molecule has 0 radical (unpaired) electrons. The summed E-state index contributed by atoms with van der Waals surface area (Å²) in [5.41, 5.74) is 0.760. The van der Waals surface area contributed by atoms with Crippen molar-refractivity contribution in [1.82, 2.24) is 4.98 Å². The Hall–Kier alpha value is -4.53. The summed E-state index contributed by atoms with van der Waals surface area (Å²) in [7, 11) is 0. The zero-order valence-corrected chi connectivity index (χ0v) is 15.3. The minimum atomic E-state index is -1.13. The number of nitrogens with one attached hydrogen (secondary N) is 2. The number of hydrogen-bond donors (Lipinski definition) is 4. The Morgan fingerprint density at radius 1 is 0.633 bits per heavy atom. The number of aromatic nitrogens is 1. The highest BCUT2D eigenvalue weighted by Crippen LogP contribution is 2.15. The number of carbonyl (C=O) groups is 4. The van der Waals surface area contributed by atoms with Gasteiger partial charge in [0.15, 0.2) is 0 Å². The van der Waals surface area contributed by atoms with Crippen LogP contribution in [-0.4, -0.2) is 39.0 Å². The van der Waals surface area contributed by atoms with Crippen molar-refractivity contribution < 1.29 is 29.4 Å². The van der Waals surface area contributed by atoms with Crippen molar-refractivity contribution in [3.05, 3.63) is 89.2 Å². The van der Waals surface area contributed by atoms with Crippen molar-refractivity contribution in [2.45, 2.75) is 0 Å². The van der Waals surface area contributed by atoms with E-state index in [9.17, 15) is 19.2 Å². The molecule has 0 spiro atoms. The number of nitrogens with zero attached hydrogens (tertiary/aromatic N) is 1. The van der Waals surface area contributed by atoms with Gasteiger partial charge < -0.3 is 20.8 Å². The fourth-order valence-electron chi connectivity index (χ4n) is 2.55. The van der Waals surface area contributed by atoms with Crippen molar-refractivity contribution in [3.8, 4) is 0 Å². The summed E-state index contributed by atoms with van der Waals surface area (Å²) in [5.74, 6) is -3.41. The summed E-state index contributed by atoms with van der Waals surface area (Å²) < 4.78 is 0. The number of pyridine rings is 1. The van der Waals surface area contributed by atoms with Crippen LogP contribution in [0.25, 0.3) is 0 Å². The average Bonchev–Trinajstić information content (AvgIpc) is 2.74. The molecule has 2 aromatic carbocycles. The molecular formula is C21H15N3O6. The summed E-state index contributed by atoms with van der Waals surface area (Å²) in [6, 6.07) is 12.8. The van der Waals surface area contributed by atoms with Gasteiger partial charge in [0.2, 0.25) is 0 Å². The van der Waals surface area contributed by atoms with Gasteiger partial charge in [-0.05, 0) is 42.5 Å². The van der Waals surface area contributed by atoms with Gasteiger partial charge >= 0.3 is 11.9 Å². The van der Waals surface area contributed by atoms with Crippen molar-refractivity contribution >= 4 is 35.1 Å². The summed E-state index contributed by atoms with van der Waals surface area (Å²) in [5, 5.41) is 23.2. The van der Waals surface area contributed by atoms with Gasteiger partial charge in [-0.1, -0.05) is 12.1 Å². The second kappa shape index (κ2) is 8.65. The largest absolute Gasteiger partial charge is 0.478 e. The van der Waals surface area contributed by atoms with E-state index in [-0.39, 0.29) is 33.6 Å². The average molecular weight is 405 g/mol. The second-order valence-electron chi connectivity index (χ2n) is 6.14. The third-order valence-electron chi connectivity index (χ3n) is 4.00. The first-order valence-corrected chi connectivity index (χ1v) is 8.58. The van der Waals surface area contributed by atoms with Gasteiger partial charge in [-0.25, -0.2) is 9.59 Å². The molecule has 0 aliphatic carbocycles. The van der Waals surface area contributed by atoms with Crippen LogP contribution in [0.3, 0.4) is 0 Å². The number of carboxylic acid groups (broad SMARTS) is 2. The number of rotatable bonds is 6. The van der Waals surface area contributed by atoms with Crippen LogP contribution in [0.5, 0.6) is 0 Å². The molecule has 0 unspecified atom stereocenters. The summed E-state index contributed by atoms with van der Waals surface area (Å²) in [4.78, 5) is 50.9. The number of carboxylic acids is 2. The zero-order valence-electron chi connectivity index (χ0n) is 15.3. The molecular weight excluding hydrogens is 390 g/mol. The molecule has 2 amide bonds. The van der Waals surface area contributed by atoms with Gasteiger partial charge in [-0.15, -0.1) is 0 Å². The van der Waals surface area contributed by atoms with Gasteiger partial charge in [0.05, 0.1) is 22.3 Å². The predicted octanol–water partition coefficient (Wildman–Crippen LogP) is 2.98. The Morgan fingerprint density at radius 2 is 1.07 bits per heavy atom. The number of carbonyl (C=O) groups excluding carboxylic acids is 2. The molecule has 3 rings (SSSR count). The lowest BCUT2D eigenvalue weighted by Crippen LogP contribution is -2.16. The molecule has 0 aliphatic rings. The molecule has 3 aromatic rings. The van der Waals surface area contributed by atoms with Crippen LogP contribution in [-0.2, 0) is 0 Å². The molecule has 4 N–H and O–H groups in total. The van der Waals surface area contributed by atoms with Gasteiger partial charge in [-0.2, -0.15) is 0 Å². The van der Waals surface area contributed by atoms with Gasteiger partial charge in [0, 0.05) is 23.8 Å². The predicted molar refractivity (Wildman–Crippen MR) is 107 cm³/mol. The van der Waals surface area contributed by atoms with Crippen LogP contribution in [0.2, 0.25) is 0 Å². The molecule has 0 aliphatic heterocycles. The third kappa shape index (κ3) is 4.84. The number of aromatic carboxylic acids is 2. The van der Waals surface area contributed by atoms with E-state index in [2.05, 4.69) is 15.6 Å². The van der Waals surface area contributed by atoms with Gasteiger partial charge in [0.1, 0.15) is 0 Å². The van der Waals surface area contributed by atoms with Crippen LogP contribution in [0.4, 0.5) is 11.4 Å². The highest BCUT2D eigenvalue weighted by atomic mass is 16.4. The standard InChI is InChI=1S/C21H15N3O6/c25-18(23-16-5-1-3-12(8-16)20(27)28)14-7-15(11-22-10-14)19(26)24-17-6-2-4-13(9-17)21(29)30/h1-11H,(H,23,25)(H,24,26)(H,27,28)(H,29,30). The fraction of sp³-hybridized carbons (Fsp3) is 0. The Bertz CT molecular complexity index is 1070. The third-order valence-corrected chi connectivity index (χ3v) is 4.00. The minimum Gasteiger partial charge on any atom is -0.478 e. The van der Waals surface area contributed by atoms with E-state index in [1.807, 2.05) is 0 Å². The maximum absolute atomic E-state index is 12.5. The van der Waals surface area contributed by atoms with Gasteiger partial charge in [0.25, 0.3) is 11.8 Å². The lowest BCUT2D eigenvalue weighted by atomic mass is 10.1. The molecule has 0 saturated carbocycles. The molecule has 0 atom stereocenters. The summed E-state index contributed by atoms with van der Waals surface area (Å²) >= 11 is 0. The molecule has 0 fully saturated rings. The number of hydrogen-bond acceptors (Lipinski definition) is 5. The second-order valence-corrected chi connectivity index (χ2v) is 6.14. The molecule has 1 aromatic heterocycles. The summed E-state index contributed by atoms with van der Waals surface area (Å²) in [6.07, 6.45) is 2.52. The van der Waals surface area contributed by atoms with E-state index in [4.69, 9.17) is 10.2 Å². The first-order valence-electron chi connectivity index (χ1n) is 8.58. The van der Waals surface area contributed by atoms with Crippen LogP contribution >= 0.6 is 0 Å². The molecule has 1 heterocycles. The Labute approximate surface area is 170 Å². The molecule has 0 saturated heterocycles. The Kier molecular flexibility index (Phi) is 5.83. The van der Waals surface area contributed by atoms with Crippen molar-refractivity contribution in [2.75, 3.05) is 10.6 Å². The van der Waals surface area contributed by atoms with Crippen molar-refractivity contribution in [1.29, 1.82) is 0 Å². The van der Waals surface area contributed by atoms with E-state index >= 15 is 0 Å². The lowest BCUT2D eigenvalue weighted by molar-refractivity contribution is 0.0686. The van der Waals surface area contributed by atoms with Crippen molar-refractivity contribution in [3.63, 3.8) is 0 Å². The van der Waals surface area contributed by atoms with E-state index in [1.54, 1.807) is 0 Å². The normalized spacial score (nSPS) is 10.1. The van der Waals surface area contributed by atoms with E-state index in [0.29, 0.717) is 0 Å². The quantitative estimate of drug-likeness (QED) is 0.493. The zero-order chi connectivity index (χ0) is 21.7. The van der Waals surface area contributed by atoms with Crippen LogP contribution < -0.4 is 10.6 Å². The number of benzene rings is 2. The topological polar surface area (TPSA) is 146 Å². The monoisotopic (exact) mass is 405 g/mol. The van der Waals surface area contributed by atoms with E-state index in [1.165, 1.54) is 67.0 Å². The molecule has 0 bridgehead atoms. The Morgan fingerprint density at radius 3 is 1.47 bits per heavy atom. The Balaban J connectivity index is 1.75. The van der Waals surface area contributed by atoms with Crippen molar-refractivity contribution in [2.24, 2.45) is 0 Å². The number of amides is 2. The molecule has 150 valence electrons. The molecule has 9 nitrogen and oxygen atoms in total. The first kappa shape index (κ1) is 20.2. The molecule has 9 heteroatoms. The maximum atomic E-state index is 12.5. The van der Waals surface area contributed by atoms with Crippen LogP contribution in [0.1, 0.15) is 41.4 Å². The van der Waals surface area contributed by atoms with Crippen LogP contribution in [0, 0.1) is 0 Å². The summed E-state index contributed by atoms with van der Waals surface area (Å²) in [6.45, 7) is 0. The first-order chi connectivity index (χ1) is 14.3. The maximum Gasteiger partial charge on any atom is 0.335 e. The number of anilines is 2. The highest BCUT2D eigenvalue weighted by molar-refractivity contribution is 6.08. The SMILES string of the molecule is O=C(O)c1cccc(NC(=O)c2cncc(C(=O)Nc3cccc(C(=O)O)c3)c2)c1. The minimum absolute atomic E-state index is 0.0163.